The maximum absolute atomic E-state index is 13.3. The first-order valence-electron chi connectivity index (χ1n) is 22.6. The molecule has 2 aliphatic heterocycles. The molecule has 0 aromatic heterocycles. The van der Waals surface area contributed by atoms with E-state index >= 15 is 0 Å². The molecule has 5 rings (SSSR count). The van der Waals surface area contributed by atoms with Gasteiger partial charge in [-0.1, -0.05) is 12.1 Å². The number of carbonyl (C=O) groups is 8. The molecule has 1 aromatic carbocycles. The van der Waals surface area contributed by atoms with Crippen molar-refractivity contribution in [2.45, 2.75) is 104 Å². The lowest BCUT2D eigenvalue weighted by atomic mass is 9.81. The molecule has 16 heteroatoms. The Hall–Kier alpha value is -5.90. The van der Waals surface area contributed by atoms with Crippen LogP contribution < -0.4 is 10.6 Å². The lowest BCUT2D eigenvalue weighted by molar-refractivity contribution is -0.141. The van der Waals surface area contributed by atoms with Crippen LogP contribution in [0.25, 0.3) is 0 Å². The number of benzene rings is 1. The van der Waals surface area contributed by atoms with Crippen LogP contribution in [0, 0.1) is 47.4 Å². The van der Waals surface area contributed by atoms with Gasteiger partial charge in [0.15, 0.2) is 0 Å². The van der Waals surface area contributed by atoms with Crippen molar-refractivity contribution in [3.05, 3.63) is 35.4 Å². The van der Waals surface area contributed by atoms with Gasteiger partial charge in [-0.15, -0.1) is 0 Å². The Bertz CT molecular complexity index is 1890. The highest BCUT2D eigenvalue weighted by Gasteiger charge is 2.34. The Kier molecular flexibility index (Phi) is 17.0. The number of Topliss-reactive ketones (excluding diaryl/α,β-unsaturated/α-hetero) is 2. The molecule has 1 aromatic rings. The minimum atomic E-state index is -0.747. The van der Waals surface area contributed by atoms with Gasteiger partial charge in [0.25, 0.3) is 11.8 Å². The summed E-state index contributed by atoms with van der Waals surface area (Å²) in [7, 11) is 0. The van der Waals surface area contributed by atoms with Gasteiger partial charge in [0.05, 0.1) is 0 Å². The van der Waals surface area contributed by atoms with Crippen molar-refractivity contribution in [1.82, 2.24) is 30.2 Å². The van der Waals surface area contributed by atoms with E-state index in [-0.39, 0.29) is 72.8 Å². The van der Waals surface area contributed by atoms with Crippen LogP contribution in [0.3, 0.4) is 0 Å². The van der Waals surface area contributed by atoms with Crippen molar-refractivity contribution >= 4 is 47.4 Å². The third kappa shape index (κ3) is 14.8. The van der Waals surface area contributed by atoms with E-state index in [4.69, 9.17) is 9.47 Å². The van der Waals surface area contributed by atoms with Gasteiger partial charge in [-0.25, -0.2) is 9.59 Å². The zero-order valence-corrected chi connectivity index (χ0v) is 38.2. The van der Waals surface area contributed by atoms with Gasteiger partial charge in [-0.3, -0.25) is 28.8 Å². The molecule has 2 saturated carbocycles. The zero-order chi connectivity index (χ0) is 46.6. The van der Waals surface area contributed by atoms with Crippen LogP contribution in [-0.4, -0.2) is 144 Å². The lowest BCUT2D eigenvalue weighted by Gasteiger charge is -2.37. The normalized spacial score (nSPS) is 21.5. The first-order chi connectivity index (χ1) is 30.3. The van der Waals surface area contributed by atoms with E-state index < -0.39 is 46.8 Å². The van der Waals surface area contributed by atoms with Gasteiger partial charge in [0.2, 0.25) is 23.4 Å². The molecule has 2 saturated heterocycles. The largest absolute Gasteiger partial charge is 0.444 e. The maximum Gasteiger partial charge on any atom is 0.407 e. The molecule has 0 bridgehead atoms. The number of ketones is 2. The molecule has 2 N–H and O–H groups in total. The highest BCUT2D eigenvalue weighted by atomic mass is 16.6. The predicted octanol–water partition coefficient (Wildman–Crippen LogP) is 4.06. The second kappa shape index (κ2) is 22.1. The third-order valence-electron chi connectivity index (χ3n) is 12.0. The summed E-state index contributed by atoms with van der Waals surface area (Å²) >= 11 is 0. The topological polar surface area (TPSA) is 192 Å². The highest BCUT2D eigenvalue weighted by molar-refractivity contribution is 6.21. The minimum absolute atomic E-state index is 0.0410. The molecule has 2 aliphatic carbocycles. The quantitative estimate of drug-likeness (QED) is 0.219. The number of nitrogens with one attached hydrogen (secondary N) is 2. The lowest BCUT2D eigenvalue weighted by Crippen LogP contribution is -2.52. The molecule has 4 aliphatic rings. The molecule has 64 heavy (non-hydrogen) atoms. The second-order valence-corrected chi connectivity index (χ2v) is 19.1. The molecule has 6 amide bonds. The first kappa shape index (κ1) is 49.1. The summed E-state index contributed by atoms with van der Waals surface area (Å²) in [6.45, 7) is 14.4. The summed E-state index contributed by atoms with van der Waals surface area (Å²) < 4.78 is 10.6. The molecule has 0 spiro atoms. The summed E-state index contributed by atoms with van der Waals surface area (Å²) in [4.78, 5) is 109. The molecule has 16 nitrogen and oxygen atoms in total. The third-order valence-corrected chi connectivity index (χ3v) is 12.0. The predicted molar refractivity (Wildman–Crippen MR) is 236 cm³/mol. The summed E-state index contributed by atoms with van der Waals surface area (Å²) in [6, 6.07) is 5.95. The average Bonchev–Trinajstić information content (AvgIpc) is 3.27. The fourth-order valence-corrected chi connectivity index (χ4v) is 8.48. The molecule has 2 heterocycles. The summed E-state index contributed by atoms with van der Waals surface area (Å²) in [5.41, 5.74) is -1.21. The number of nitrogens with zero attached hydrogens (tertiary/aromatic N) is 4. The van der Waals surface area contributed by atoms with Crippen LogP contribution in [0.15, 0.2) is 24.3 Å². The van der Waals surface area contributed by atoms with E-state index in [1.54, 1.807) is 21.9 Å². The molecular weight excluding hydrogens is 821 g/mol. The zero-order valence-electron chi connectivity index (χ0n) is 38.2. The number of ether oxygens (including phenoxy) is 2. The Labute approximate surface area is 376 Å². The number of carbonyl (C=O) groups excluding carboxylic acids is 8. The smallest absolute Gasteiger partial charge is 0.407 e. The van der Waals surface area contributed by atoms with Gasteiger partial charge in [0, 0.05) is 100 Å². The van der Waals surface area contributed by atoms with E-state index in [1.807, 2.05) is 41.5 Å². The standard InChI is InChI=1S/C48H64N6O10/c1-47(2,3)63-45(61)49-31-33-11-15-35(16-12-33)43(59)53-27-23-51(24-28-53)41(57)21-19-39(55)37-9-7-8-10-38(37)40(56)20-22-42(58)52-25-29-54(30-26-52)44(60)36-17-13-34(14-18-36)32-50-46(62)64-48(4,5)6/h7-10,33-36H,11-18,23-32H2,1-6H3,(H,49,61)(H,50,62)/t33-,34-,35-,36-. The number of amides is 6. The second-order valence-electron chi connectivity index (χ2n) is 19.1. The highest BCUT2D eigenvalue weighted by Crippen LogP contribution is 2.31. The summed E-state index contributed by atoms with van der Waals surface area (Å²) in [5.74, 6) is 7.34. The van der Waals surface area contributed by atoms with Crippen molar-refractivity contribution in [2.24, 2.45) is 23.7 Å². The fourth-order valence-electron chi connectivity index (χ4n) is 8.48. The van der Waals surface area contributed by atoms with Gasteiger partial charge in [-0.05, 0) is 129 Å². The van der Waals surface area contributed by atoms with Crippen molar-refractivity contribution in [1.29, 1.82) is 0 Å². The Balaban J connectivity index is 1.02. The number of piperazine rings is 2. The van der Waals surface area contributed by atoms with E-state index in [1.165, 1.54) is 21.9 Å². The number of hydrogen-bond acceptors (Lipinski definition) is 10. The van der Waals surface area contributed by atoms with Crippen LogP contribution in [0.4, 0.5) is 9.59 Å². The van der Waals surface area contributed by atoms with Crippen molar-refractivity contribution < 1.29 is 47.8 Å². The van der Waals surface area contributed by atoms with E-state index in [9.17, 15) is 38.4 Å². The van der Waals surface area contributed by atoms with E-state index in [0.29, 0.717) is 39.3 Å². The average molecular weight is 885 g/mol. The maximum atomic E-state index is 13.3. The molecule has 4 fully saturated rings. The minimum Gasteiger partial charge on any atom is -0.444 e. The van der Waals surface area contributed by atoms with Crippen LogP contribution in [0.1, 0.15) is 114 Å². The van der Waals surface area contributed by atoms with E-state index in [0.717, 1.165) is 51.4 Å². The Morgan fingerprint density at radius 3 is 1.12 bits per heavy atom. The Morgan fingerprint density at radius 1 is 0.500 bits per heavy atom. The molecule has 0 radical (unpaired) electrons. The molecular formula is C48H64N6O10. The Morgan fingerprint density at radius 2 is 0.812 bits per heavy atom. The first-order valence-corrected chi connectivity index (χ1v) is 22.6. The van der Waals surface area contributed by atoms with Crippen LogP contribution >= 0.6 is 0 Å². The van der Waals surface area contributed by atoms with Gasteiger partial charge in [-0.2, -0.15) is 0 Å². The van der Waals surface area contributed by atoms with Gasteiger partial charge < -0.3 is 39.7 Å². The number of rotatable bonds is 8. The fraction of sp³-hybridized carbons (Fsp3) is 0.625. The summed E-state index contributed by atoms with van der Waals surface area (Å²) in [6.07, 6.45) is 5.28. The van der Waals surface area contributed by atoms with Crippen LogP contribution in [0.5, 0.6) is 0 Å². The van der Waals surface area contributed by atoms with Gasteiger partial charge in [0.1, 0.15) is 11.2 Å². The van der Waals surface area contributed by atoms with Crippen LogP contribution in [-0.2, 0) is 28.7 Å². The van der Waals surface area contributed by atoms with Gasteiger partial charge >= 0.3 is 12.2 Å². The molecule has 346 valence electrons. The number of alkyl carbamates (subject to hydrolysis) is 2. The monoisotopic (exact) mass is 884 g/mol. The van der Waals surface area contributed by atoms with Crippen molar-refractivity contribution in [3.63, 3.8) is 0 Å². The van der Waals surface area contributed by atoms with Crippen LogP contribution in [0.2, 0.25) is 0 Å². The SMILES string of the molecule is CC(C)(C)OC(=O)NC[C@H]1CC[C@H](C(=O)N2CCN(C(=O)C#CC(=O)c3ccccc3C(=O)C#CC(=O)N3CCN(C(=O)[C@H]4CC[C@H](CNC(=O)OC(C)(C)C)CC4)CC3)CC2)CC1. The van der Waals surface area contributed by atoms with E-state index in [2.05, 4.69) is 34.3 Å². The summed E-state index contributed by atoms with van der Waals surface area (Å²) in [5, 5.41) is 5.65. The van der Waals surface area contributed by atoms with Crippen molar-refractivity contribution in [3.8, 4) is 23.7 Å². The van der Waals surface area contributed by atoms with Crippen molar-refractivity contribution in [2.75, 3.05) is 65.4 Å². The molecule has 0 atom stereocenters. The molecule has 0 unspecified atom stereocenters. The number of hydrogen-bond donors (Lipinski definition) is 2.